The third-order valence-electron chi connectivity index (χ3n) is 2.13. The predicted molar refractivity (Wildman–Crippen MR) is 62.6 cm³/mol. The lowest BCUT2D eigenvalue weighted by Gasteiger charge is -2.16. The lowest BCUT2D eigenvalue weighted by atomic mass is 10.2. The molecule has 0 bridgehead atoms. The van der Waals surface area contributed by atoms with Gasteiger partial charge in [0.15, 0.2) is 0 Å². The first kappa shape index (κ1) is 15.4. The summed E-state index contributed by atoms with van der Waals surface area (Å²) in [5.41, 5.74) is -0.995. The van der Waals surface area contributed by atoms with E-state index in [2.05, 4.69) is 5.32 Å². The normalized spacial score (nSPS) is 12.9. The van der Waals surface area contributed by atoms with Crippen molar-refractivity contribution in [3.8, 4) is 5.75 Å². The van der Waals surface area contributed by atoms with Gasteiger partial charge in [0.05, 0.1) is 16.6 Å². The molecule has 1 aromatic rings. The molecule has 0 aliphatic rings. The van der Waals surface area contributed by atoms with Crippen molar-refractivity contribution in [1.82, 2.24) is 5.32 Å². The van der Waals surface area contributed by atoms with Crippen LogP contribution in [-0.4, -0.2) is 23.8 Å². The van der Waals surface area contributed by atoms with Crippen LogP contribution in [0.1, 0.15) is 12.5 Å². The van der Waals surface area contributed by atoms with E-state index < -0.39 is 28.9 Å². The Kier molecular flexibility index (Phi) is 4.88. The van der Waals surface area contributed by atoms with Crippen molar-refractivity contribution < 1.29 is 27.8 Å². The molecular formula is C11H11ClF3NO3. The van der Waals surface area contributed by atoms with Gasteiger partial charge in [-0.25, -0.2) is 4.79 Å². The van der Waals surface area contributed by atoms with Gasteiger partial charge >= 0.3 is 12.3 Å². The van der Waals surface area contributed by atoms with Gasteiger partial charge in [-0.15, -0.1) is 0 Å². The van der Waals surface area contributed by atoms with Crippen LogP contribution in [0.2, 0.25) is 5.02 Å². The van der Waals surface area contributed by atoms with Crippen LogP contribution in [0.4, 0.5) is 18.0 Å². The van der Waals surface area contributed by atoms with E-state index in [9.17, 15) is 18.0 Å². The molecule has 0 aliphatic heterocycles. The number of carbonyl (C=O) groups is 1. The standard InChI is InChI=1S/C11H11ClF3NO3/c1-6(16-10(17)18)5-19-8-4-2-3-7(9(8)12)11(13,14)15/h2-4,6,16H,5H2,1H3,(H,17,18). The van der Waals surface area contributed by atoms with E-state index in [0.29, 0.717) is 0 Å². The van der Waals surface area contributed by atoms with Crippen LogP contribution in [0, 0.1) is 0 Å². The number of hydrogen-bond acceptors (Lipinski definition) is 2. The number of nitrogens with one attached hydrogen (secondary N) is 1. The highest BCUT2D eigenvalue weighted by Crippen LogP contribution is 2.39. The Morgan fingerprint density at radius 3 is 2.68 bits per heavy atom. The Morgan fingerprint density at radius 1 is 1.53 bits per heavy atom. The third kappa shape index (κ3) is 4.51. The number of hydrogen-bond donors (Lipinski definition) is 2. The summed E-state index contributed by atoms with van der Waals surface area (Å²) in [6.07, 6.45) is -5.81. The summed E-state index contributed by atoms with van der Waals surface area (Å²) in [6, 6.07) is 2.71. The quantitative estimate of drug-likeness (QED) is 0.895. The zero-order chi connectivity index (χ0) is 14.6. The highest BCUT2D eigenvalue weighted by atomic mass is 35.5. The topological polar surface area (TPSA) is 58.6 Å². The lowest BCUT2D eigenvalue weighted by Crippen LogP contribution is -2.35. The van der Waals surface area contributed by atoms with Crippen molar-refractivity contribution in [2.24, 2.45) is 0 Å². The van der Waals surface area contributed by atoms with Crippen LogP contribution < -0.4 is 10.1 Å². The predicted octanol–water partition coefficient (Wildman–Crippen LogP) is 3.39. The van der Waals surface area contributed by atoms with E-state index in [1.54, 1.807) is 0 Å². The maximum Gasteiger partial charge on any atom is 0.417 e. The third-order valence-corrected chi connectivity index (χ3v) is 2.52. The molecule has 0 heterocycles. The molecule has 4 nitrogen and oxygen atoms in total. The monoisotopic (exact) mass is 297 g/mol. The Bertz CT molecular complexity index is 465. The second kappa shape index (κ2) is 6.01. The second-order valence-electron chi connectivity index (χ2n) is 3.78. The zero-order valence-electron chi connectivity index (χ0n) is 9.79. The van der Waals surface area contributed by atoms with Gasteiger partial charge in [-0.05, 0) is 19.1 Å². The number of benzene rings is 1. The van der Waals surface area contributed by atoms with Crippen LogP contribution in [0.25, 0.3) is 0 Å². The van der Waals surface area contributed by atoms with E-state index in [0.717, 1.165) is 6.07 Å². The highest BCUT2D eigenvalue weighted by Gasteiger charge is 2.34. The first-order valence-electron chi connectivity index (χ1n) is 5.19. The summed E-state index contributed by atoms with van der Waals surface area (Å²) in [4.78, 5) is 10.3. The molecule has 1 aromatic carbocycles. The summed E-state index contributed by atoms with van der Waals surface area (Å²) in [6.45, 7) is 1.38. The molecule has 19 heavy (non-hydrogen) atoms. The van der Waals surface area contributed by atoms with Gasteiger partial charge in [0.1, 0.15) is 12.4 Å². The van der Waals surface area contributed by atoms with Crippen molar-refractivity contribution in [2.45, 2.75) is 19.1 Å². The Labute approximate surface area is 112 Å². The summed E-state index contributed by atoms with van der Waals surface area (Å²) in [5.74, 6) is -0.143. The maximum absolute atomic E-state index is 12.6. The Balaban J connectivity index is 2.77. The van der Waals surface area contributed by atoms with Gasteiger partial charge in [0.25, 0.3) is 0 Å². The van der Waals surface area contributed by atoms with Crippen molar-refractivity contribution in [3.05, 3.63) is 28.8 Å². The summed E-state index contributed by atoms with van der Waals surface area (Å²) in [5, 5.41) is 10.0. The molecule has 1 amide bonds. The van der Waals surface area contributed by atoms with Gasteiger partial charge in [-0.2, -0.15) is 13.2 Å². The van der Waals surface area contributed by atoms with Gasteiger partial charge < -0.3 is 15.2 Å². The van der Waals surface area contributed by atoms with Crippen molar-refractivity contribution >= 4 is 17.7 Å². The van der Waals surface area contributed by atoms with E-state index >= 15 is 0 Å². The molecular weight excluding hydrogens is 287 g/mol. The largest absolute Gasteiger partial charge is 0.490 e. The van der Waals surface area contributed by atoms with Crippen LogP contribution in [0.3, 0.4) is 0 Å². The lowest BCUT2D eigenvalue weighted by molar-refractivity contribution is -0.137. The number of halogens is 4. The van der Waals surface area contributed by atoms with Crippen LogP contribution in [0.15, 0.2) is 18.2 Å². The smallest absolute Gasteiger partial charge is 0.417 e. The molecule has 0 spiro atoms. The minimum absolute atomic E-state index is 0.132. The van der Waals surface area contributed by atoms with Gasteiger partial charge in [-0.1, -0.05) is 17.7 Å². The van der Waals surface area contributed by atoms with E-state index in [1.165, 1.54) is 19.1 Å². The van der Waals surface area contributed by atoms with Crippen molar-refractivity contribution in [3.63, 3.8) is 0 Å². The van der Waals surface area contributed by atoms with Gasteiger partial charge in [0, 0.05) is 0 Å². The molecule has 0 fully saturated rings. The first-order valence-corrected chi connectivity index (χ1v) is 5.57. The molecule has 0 radical (unpaired) electrons. The highest BCUT2D eigenvalue weighted by molar-refractivity contribution is 6.32. The number of ether oxygens (including phenoxy) is 1. The fourth-order valence-electron chi connectivity index (χ4n) is 1.31. The molecule has 2 N–H and O–H groups in total. The summed E-state index contributed by atoms with van der Waals surface area (Å²) >= 11 is 5.60. The SMILES string of the molecule is CC(COc1cccc(C(F)(F)F)c1Cl)NC(=O)O. The summed E-state index contributed by atoms with van der Waals surface area (Å²) < 4.78 is 42.8. The van der Waals surface area contributed by atoms with Crippen LogP contribution >= 0.6 is 11.6 Å². The van der Waals surface area contributed by atoms with E-state index in [-0.39, 0.29) is 12.4 Å². The number of carboxylic acid groups (broad SMARTS) is 1. The number of alkyl halides is 3. The Morgan fingerprint density at radius 2 is 2.16 bits per heavy atom. The number of amides is 1. The van der Waals surface area contributed by atoms with E-state index in [4.69, 9.17) is 21.4 Å². The second-order valence-corrected chi connectivity index (χ2v) is 4.15. The molecule has 1 atom stereocenters. The minimum Gasteiger partial charge on any atom is -0.490 e. The number of rotatable bonds is 4. The average Bonchev–Trinajstić information content (AvgIpc) is 2.25. The summed E-state index contributed by atoms with van der Waals surface area (Å²) in [7, 11) is 0. The maximum atomic E-state index is 12.6. The molecule has 0 saturated carbocycles. The van der Waals surface area contributed by atoms with Crippen LogP contribution in [-0.2, 0) is 6.18 Å². The van der Waals surface area contributed by atoms with E-state index in [1.807, 2.05) is 0 Å². The fourth-order valence-corrected chi connectivity index (χ4v) is 1.60. The van der Waals surface area contributed by atoms with Crippen molar-refractivity contribution in [2.75, 3.05) is 6.61 Å². The molecule has 1 unspecified atom stereocenters. The molecule has 8 heteroatoms. The van der Waals surface area contributed by atoms with Gasteiger partial charge in [-0.3, -0.25) is 0 Å². The van der Waals surface area contributed by atoms with Gasteiger partial charge in [0.2, 0.25) is 0 Å². The molecule has 0 aliphatic carbocycles. The Hall–Kier alpha value is -1.63. The molecule has 0 saturated heterocycles. The fraction of sp³-hybridized carbons (Fsp3) is 0.364. The first-order chi connectivity index (χ1) is 8.71. The molecule has 0 aromatic heterocycles. The average molecular weight is 298 g/mol. The minimum atomic E-state index is -4.57. The molecule has 106 valence electrons. The zero-order valence-corrected chi connectivity index (χ0v) is 10.5. The van der Waals surface area contributed by atoms with Crippen LogP contribution in [0.5, 0.6) is 5.75 Å². The molecule has 1 rings (SSSR count). The van der Waals surface area contributed by atoms with Crippen molar-refractivity contribution in [1.29, 1.82) is 0 Å².